The van der Waals surface area contributed by atoms with Gasteiger partial charge in [-0.05, 0) is 87.3 Å². The van der Waals surface area contributed by atoms with Gasteiger partial charge in [-0.1, -0.05) is 140 Å². The van der Waals surface area contributed by atoms with E-state index in [1.165, 1.54) is 38.1 Å². The van der Waals surface area contributed by atoms with Crippen LogP contribution < -0.4 is 0 Å². The van der Waals surface area contributed by atoms with E-state index in [0.717, 1.165) is 60.7 Å². The molecule has 3 aromatic heterocycles. The molecule has 0 radical (unpaired) electrons. The highest BCUT2D eigenvalue weighted by molar-refractivity contribution is 6.12. The van der Waals surface area contributed by atoms with Crippen LogP contribution >= 0.6 is 0 Å². The summed E-state index contributed by atoms with van der Waals surface area (Å²) < 4.78 is 8.65. The maximum absolute atomic E-state index is 6.30. The van der Waals surface area contributed by atoms with E-state index in [1.807, 2.05) is 30.3 Å². The van der Waals surface area contributed by atoms with Gasteiger partial charge in [-0.2, -0.15) is 0 Å². The minimum absolute atomic E-state index is 0.591. The van der Waals surface area contributed by atoms with Gasteiger partial charge in [0.15, 0.2) is 17.5 Å². The SMILES string of the molecule is c1cc(-c2nc(-c3ccc4ccccc4c3)nc(-c3cccc4oc5ccccc5c34)n2)cc(-n2c3ccccc3c3cc(-c4ccc5ccccc5c4)ccc32)c1. The highest BCUT2D eigenvalue weighted by Crippen LogP contribution is 2.39. The Hall–Kier alpha value is -7.89. The van der Waals surface area contributed by atoms with Gasteiger partial charge >= 0.3 is 0 Å². The van der Waals surface area contributed by atoms with Crippen LogP contribution in [-0.4, -0.2) is 19.5 Å². The highest BCUT2D eigenvalue weighted by Gasteiger charge is 2.19. The Balaban J connectivity index is 1.04. The number of nitrogens with zero attached hydrogens (tertiary/aromatic N) is 4. The van der Waals surface area contributed by atoms with Crippen LogP contribution in [0, 0.1) is 0 Å². The summed E-state index contributed by atoms with van der Waals surface area (Å²) in [6.45, 7) is 0. The molecule has 0 saturated carbocycles. The van der Waals surface area contributed by atoms with Gasteiger partial charge < -0.3 is 8.98 Å². The molecule has 5 heteroatoms. The van der Waals surface area contributed by atoms with Crippen molar-refractivity contribution >= 4 is 65.3 Å². The molecule has 0 aliphatic heterocycles. The molecule has 0 amide bonds. The Kier molecular flexibility index (Phi) is 7.16. The Labute approximate surface area is 333 Å². The van der Waals surface area contributed by atoms with E-state index < -0.39 is 0 Å². The molecular weight excluding hydrogens is 709 g/mol. The first-order valence-corrected chi connectivity index (χ1v) is 19.5. The van der Waals surface area contributed by atoms with Gasteiger partial charge in [-0.15, -0.1) is 0 Å². The Morgan fingerprint density at radius 2 is 0.914 bits per heavy atom. The molecule has 9 aromatic carbocycles. The molecule has 270 valence electrons. The van der Waals surface area contributed by atoms with Crippen LogP contribution in [0.1, 0.15) is 0 Å². The lowest BCUT2D eigenvalue weighted by Gasteiger charge is -2.12. The van der Waals surface area contributed by atoms with Crippen molar-refractivity contribution in [3.8, 4) is 51.0 Å². The van der Waals surface area contributed by atoms with Crippen molar-refractivity contribution in [2.45, 2.75) is 0 Å². The van der Waals surface area contributed by atoms with Crippen molar-refractivity contribution in [3.63, 3.8) is 0 Å². The van der Waals surface area contributed by atoms with E-state index in [9.17, 15) is 0 Å². The third-order valence-electron chi connectivity index (χ3n) is 11.4. The second-order valence-electron chi connectivity index (χ2n) is 14.8. The standard InChI is InChI=1S/C53H32N4O/c1-3-13-35-29-37(25-23-33(35)11-1)38-27-28-47-45(32-38)42-17-5-7-20-46(42)57(47)41-16-9-15-39(31-41)51-54-52(40-26-24-34-12-2-4-14-36(34)30-40)56-53(55-51)44-19-10-22-49-50(44)43-18-6-8-21-48(43)58-49/h1-32H. The van der Waals surface area contributed by atoms with Gasteiger partial charge in [0.1, 0.15) is 11.2 Å². The van der Waals surface area contributed by atoms with Crippen LogP contribution in [0.3, 0.4) is 0 Å². The van der Waals surface area contributed by atoms with Gasteiger partial charge in [-0.3, -0.25) is 0 Å². The summed E-state index contributed by atoms with van der Waals surface area (Å²) in [6, 6.07) is 68.2. The first-order valence-electron chi connectivity index (χ1n) is 19.5. The molecular formula is C53H32N4O. The third kappa shape index (κ3) is 5.21. The predicted octanol–water partition coefficient (Wildman–Crippen LogP) is 13.8. The molecule has 0 N–H and O–H groups in total. The van der Waals surface area contributed by atoms with E-state index in [-0.39, 0.29) is 0 Å². The quantitative estimate of drug-likeness (QED) is 0.176. The fourth-order valence-electron chi connectivity index (χ4n) is 8.63. The Bertz CT molecular complexity index is 3600. The third-order valence-corrected chi connectivity index (χ3v) is 11.4. The second kappa shape index (κ2) is 12.8. The molecule has 0 atom stereocenters. The Morgan fingerprint density at radius 1 is 0.345 bits per heavy atom. The number of para-hydroxylation sites is 2. The summed E-state index contributed by atoms with van der Waals surface area (Å²) in [5.41, 5.74) is 10.0. The minimum atomic E-state index is 0.591. The van der Waals surface area contributed by atoms with E-state index >= 15 is 0 Å². The summed E-state index contributed by atoms with van der Waals surface area (Å²) in [7, 11) is 0. The molecule has 0 saturated heterocycles. The van der Waals surface area contributed by atoms with Crippen molar-refractivity contribution in [1.29, 1.82) is 0 Å². The fraction of sp³-hybridized carbons (Fsp3) is 0. The van der Waals surface area contributed by atoms with Crippen LogP contribution in [0.25, 0.3) is 116 Å². The van der Waals surface area contributed by atoms with Gasteiger partial charge in [0.2, 0.25) is 0 Å². The van der Waals surface area contributed by atoms with E-state index in [2.05, 4.69) is 168 Å². The first kappa shape index (κ1) is 32.4. The van der Waals surface area contributed by atoms with Crippen molar-refractivity contribution in [3.05, 3.63) is 194 Å². The van der Waals surface area contributed by atoms with Crippen molar-refractivity contribution in [2.24, 2.45) is 0 Å². The maximum atomic E-state index is 6.30. The maximum Gasteiger partial charge on any atom is 0.164 e. The second-order valence-corrected chi connectivity index (χ2v) is 14.8. The number of rotatable bonds is 5. The van der Waals surface area contributed by atoms with Crippen LogP contribution in [0.4, 0.5) is 0 Å². The summed E-state index contributed by atoms with van der Waals surface area (Å²) >= 11 is 0. The Morgan fingerprint density at radius 3 is 1.72 bits per heavy atom. The zero-order valence-electron chi connectivity index (χ0n) is 31.2. The first-order chi connectivity index (χ1) is 28.7. The van der Waals surface area contributed by atoms with E-state index in [4.69, 9.17) is 19.4 Å². The summed E-state index contributed by atoms with van der Waals surface area (Å²) in [4.78, 5) is 15.6. The van der Waals surface area contributed by atoms with E-state index in [0.29, 0.717) is 17.5 Å². The van der Waals surface area contributed by atoms with Gasteiger partial charge in [0.05, 0.1) is 11.0 Å². The number of fused-ring (bicyclic) bond motifs is 8. The van der Waals surface area contributed by atoms with Crippen LogP contribution in [0.15, 0.2) is 199 Å². The molecule has 5 nitrogen and oxygen atoms in total. The monoisotopic (exact) mass is 740 g/mol. The number of benzene rings is 9. The van der Waals surface area contributed by atoms with Crippen LogP contribution in [-0.2, 0) is 0 Å². The normalized spacial score (nSPS) is 11.8. The summed E-state index contributed by atoms with van der Waals surface area (Å²) in [5, 5.41) is 9.19. The van der Waals surface area contributed by atoms with E-state index in [1.54, 1.807) is 0 Å². The number of hydrogen-bond donors (Lipinski definition) is 0. The van der Waals surface area contributed by atoms with Crippen molar-refractivity contribution < 1.29 is 4.42 Å². The molecule has 3 heterocycles. The molecule has 0 unspecified atom stereocenters. The fourth-order valence-corrected chi connectivity index (χ4v) is 8.63. The smallest absolute Gasteiger partial charge is 0.164 e. The topological polar surface area (TPSA) is 56.7 Å². The van der Waals surface area contributed by atoms with Crippen LogP contribution in [0.5, 0.6) is 0 Å². The molecule has 0 spiro atoms. The largest absolute Gasteiger partial charge is 0.456 e. The zero-order chi connectivity index (χ0) is 38.2. The number of hydrogen-bond acceptors (Lipinski definition) is 4. The molecule has 0 bridgehead atoms. The molecule has 0 aliphatic rings. The average molecular weight is 741 g/mol. The summed E-state index contributed by atoms with van der Waals surface area (Å²) in [6.07, 6.45) is 0. The molecule has 0 aliphatic carbocycles. The number of furan rings is 1. The average Bonchev–Trinajstić information content (AvgIpc) is 3.84. The van der Waals surface area contributed by atoms with Crippen molar-refractivity contribution in [1.82, 2.24) is 19.5 Å². The van der Waals surface area contributed by atoms with Gasteiger partial charge in [-0.25, -0.2) is 15.0 Å². The molecule has 12 aromatic rings. The summed E-state index contributed by atoms with van der Waals surface area (Å²) in [5.74, 6) is 1.80. The number of aromatic nitrogens is 4. The van der Waals surface area contributed by atoms with Crippen molar-refractivity contribution in [2.75, 3.05) is 0 Å². The van der Waals surface area contributed by atoms with Gasteiger partial charge in [0.25, 0.3) is 0 Å². The molecule has 0 fully saturated rings. The predicted molar refractivity (Wildman–Crippen MR) is 238 cm³/mol. The lowest BCUT2D eigenvalue weighted by atomic mass is 9.99. The highest BCUT2D eigenvalue weighted by atomic mass is 16.3. The minimum Gasteiger partial charge on any atom is -0.456 e. The molecule has 12 rings (SSSR count). The zero-order valence-corrected chi connectivity index (χ0v) is 31.2. The van der Waals surface area contributed by atoms with Gasteiger partial charge in [0, 0.05) is 43.9 Å². The lowest BCUT2D eigenvalue weighted by Crippen LogP contribution is -2.01. The van der Waals surface area contributed by atoms with Crippen LogP contribution in [0.2, 0.25) is 0 Å². The molecule has 58 heavy (non-hydrogen) atoms. The lowest BCUT2D eigenvalue weighted by molar-refractivity contribution is 0.669.